The largest absolute Gasteiger partial charge is 0.481 e. The van der Waals surface area contributed by atoms with Gasteiger partial charge >= 0.3 is 5.97 Å². The molecule has 20 heavy (non-hydrogen) atoms. The molecule has 1 fully saturated rings. The van der Waals surface area contributed by atoms with E-state index in [2.05, 4.69) is 21.2 Å². The number of aliphatic carboxylic acids is 1. The number of carboxylic acid groups (broad SMARTS) is 1. The van der Waals surface area contributed by atoms with Crippen molar-refractivity contribution >= 4 is 39.4 Å². The fourth-order valence-electron chi connectivity index (χ4n) is 2.42. The van der Waals surface area contributed by atoms with Crippen LogP contribution in [0.1, 0.15) is 36.0 Å². The van der Waals surface area contributed by atoms with Gasteiger partial charge in [-0.15, -0.1) is 0 Å². The second-order valence-electron chi connectivity index (χ2n) is 4.98. The highest BCUT2D eigenvalue weighted by molar-refractivity contribution is 9.10. The SMILES string of the molecule is O=C(NC1CCC(C(=O)O)CC1)c1cc(Cl)ccc1Br. The van der Waals surface area contributed by atoms with Gasteiger partial charge in [0.2, 0.25) is 0 Å². The molecule has 4 nitrogen and oxygen atoms in total. The summed E-state index contributed by atoms with van der Waals surface area (Å²) in [4.78, 5) is 23.1. The van der Waals surface area contributed by atoms with Crippen LogP contribution in [0.2, 0.25) is 5.02 Å². The van der Waals surface area contributed by atoms with Crippen LogP contribution in [0.5, 0.6) is 0 Å². The summed E-state index contributed by atoms with van der Waals surface area (Å²) >= 11 is 9.22. The van der Waals surface area contributed by atoms with E-state index in [9.17, 15) is 9.59 Å². The third kappa shape index (κ3) is 3.73. The van der Waals surface area contributed by atoms with Gasteiger partial charge in [0.05, 0.1) is 11.5 Å². The van der Waals surface area contributed by atoms with Crippen LogP contribution in [0.3, 0.4) is 0 Å². The molecular formula is C14H15BrClNO3. The third-order valence-electron chi connectivity index (χ3n) is 3.58. The van der Waals surface area contributed by atoms with E-state index in [-0.39, 0.29) is 17.9 Å². The molecule has 108 valence electrons. The molecule has 1 aromatic rings. The number of nitrogens with one attached hydrogen (secondary N) is 1. The van der Waals surface area contributed by atoms with Crippen molar-refractivity contribution in [2.75, 3.05) is 0 Å². The summed E-state index contributed by atoms with van der Waals surface area (Å²) in [5.41, 5.74) is 0.498. The Balaban J connectivity index is 1.96. The van der Waals surface area contributed by atoms with Crippen molar-refractivity contribution in [3.8, 4) is 0 Å². The summed E-state index contributed by atoms with van der Waals surface area (Å²) in [5.74, 6) is -1.20. The number of halogens is 2. The van der Waals surface area contributed by atoms with Crippen LogP contribution in [0.15, 0.2) is 22.7 Å². The molecule has 0 atom stereocenters. The fraction of sp³-hybridized carbons (Fsp3) is 0.429. The van der Waals surface area contributed by atoms with Crippen LogP contribution in [-0.2, 0) is 4.79 Å². The molecule has 6 heteroatoms. The minimum atomic E-state index is -0.743. The Labute approximate surface area is 130 Å². The number of hydrogen-bond donors (Lipinski definition) is 2. The van der Waals surface area contributed by atoms with Crippen LogP contribution >= 0.6 is 27.5 Å². The zero-order valence-electron chi connectivity index (χ0n) is 10.7. The lowest BCUT2D eigenvalue weighted by atomic mass is 9.86. The van der Waals surface area contributed by atoms with E-state index in [4.69, 9.17) is 16.7 Å². The molecular weight excluding hydrogens is 346 g/mol. The molecule has 0 unspecified atom stereocenters. The van der Waals surface area contributed by atoms with Crippen LogP contribution in [0.25, 0.3) is 0 Å². The van der Waals surface area contributed by atoms with Gasteiger partial charge in [0.25, 0.3) is 5.91 Å². The van der Waals surface area contributed by atoms with Gasteiger partial charge in [-0.25, -0.2) is 0 Å². The highest BCUT2D eigenvalue weighted by Crippen LogP contribution is 2.26. The van der Waals surface area contributed by atoms with Gasteiger partial charge in [-0.2, -0.15) is 0 Å². The summed E-state index contributed by atoms with van der Waals surface area (Å²) in [6.45, 7) is 0. The van der Waals surface area contributed by atoms with Crippen LogP contribution in [-0.4, -0.2) is 23.0 Å². The topological polar surface area (TPSA) is 66.4 Å². The van der Waals surface area contributed by atoms with Gasteiger partial charge in [-0.1, -0.05) is 11.6 Å². The molecule has 0 saturated heterocycles. The first-order valence-electron chi connectivity index (χ1n) is 6.46. The summed E-state index contributed by atoms with van der Waals surface area (Å²) in [6, 6.07) is 5.09. The van der Waals surface area contributed by atoms with Crippen molar-refractivity contribution < 1.29 is 14.7 Å². The quantitative estimate of drug-likeness (QED) is 0.867. The molecule has 0 aliphatic heterocycles. The maximum absolute atomic E-state index is 12.2. The minimum Gasteiger partial charge on any atom is -0.481 e. The van der Waals surface area contributed by atoms with Gasteiger partial charge in [-0.3, -0.25) is 9.59 Å². The van der Waals surface area contributed by atoms with E-state index in [1.165, 1.54) is 0 Å². The van der Waals surface area contributed by atoms with E-state index in [1.807, 2.05) is 0 Å². The molecule has 1 aromatic carbocycles. The standard InChI is InChI=1S/C14H15BrClNO3/c15-12-6-3-9(16)7-11(12)13(18)17-10-4-1-8(2-5-10)14(19)20/h3,6-8,10H,1-2,4-5H2,(H,17,18)(H,19,20). The first-order chi connectivity index (χ1) is 9.47. The van der Waals surface area contributed by atoms with Crippen molar-refractivity contribution in [1.29, 1.82) is 0 Å². The summed E-state index contributed by atoms with van der Waals surface area (Å²) < 4.78 is 0.693. The fourth-order valence-corrected chi connectivity index (χ4v) is 3.02. The molecule has 1 saturated carbocycles. The Kier molecular flexibility index (Phi) is 5.05. The zero-order chi connectivity index (χ0) is 14.7. The summed E-state index contributed by atoms with van der Waals surface area (Å²) in [6.07, 6.45) is 2.61. The van der Waals surface area contributed by atoms with Gasteiger partial charge in [0.1, 0.15) is 0 Å². The highest BCUT2D eigenvalue weighted by atomic mass is 79.9. The molecule has 0 spiro atoms. The van der Waals surface area contributed by atoms with E-state index < -0.39 is 5.97 Å². The molecule has 2 rings (SSSR count). The van der Waals surface area contributed by atoms with Crippen molar-refractivity contribution in [2.24, 2.45) is 5.92 Å². The van der Waals surface area contributed by atoms with Crippen molar-refractivity contribution in [3.05, 3.63) is 33.3 Å². The van der Waals surface area contributed by atoms with E-state index in [0.29, 0.717) is 40.7 Å². The lowest BCUT2D eigenvalue weighted by molar-refractivity contribution is -0.142. The normalized spacial score (nSPS) is 22.3. The number of carbonyl (C=O) groups excluding carboxylic acids is 1. The first kappa shape index (κ1) is 15.3. The van der Waals surface area contributed by atoms with Crippen molar-refractivity contribution in [2.45, 2.75) is 31.7 Å². The number of amides is 1. The molecule has 1 aliphatic carbocycles. The Morgan fingerprint density at radius 3 is 2.50 bits per heavy atom. The third-order valence-corrected chi connectivity index (χ3v) is 4.51. The Morgan fingerprint density at radius 2 is 1.90 bits per heavy atom. The van der Waals surface area contributed by atoms with E-state index in [1.54, 1.807) is 18.2 Å². The number of benzene rings is 1. The Morgan fingerprint density at radius 1 is 1.25 bits per heavy atom. The summed E-state index contributed by atoms with van der Waals surface area (Å²) in [5, 5.41) is 12.4. The van der Waals surface area contributed by atoms with Crippen LogP contribution in [0.4, 0.5) is 0 Å². The molecule has 0 heterocycles. The maximum Gasteiger partial charge on any atom is 0.306 e. The predicted molar refractivity (Wildman–Crippen MR) is 80.0 cm³/mol. The predicted octanol–water partition coefficient (Wildman–Crippen LogP) is 3.48. The number of carbonyl (C=O) groups is 2. The first-order valence-corrected chi connectivity index (χ1v) is 7.63. The number of hydrogen-bond acceptors (Lipinski definition) is 2. The maximum atomic E-state index is 12.2. The Hall–Kier alpha value is -1.07. The highest BCUT2D eigenvalue weighted by Gasteiger charge is 2.27. The molecule has 0 radical (unpaired) electrons. The van der Waals surface area contributed by atoms with Crippen molar-refractivity contribution in [3.63, 3.8) is 0 Å². The molecule has 0 aromatic heterocycles. The van der Waals surface area contributed by atoms with E-state index >= 15 is 0 Å². The molecule has 1 aliphatic rings. The lowest BCUT2D eigenvalue weighted by Crippen LogP contribution is -2.38. The van der Waals surface area contributed by atoms with Crippen LogP contribution in [0, 0.1) is 5.92 Å². The zero-order valence-corrected chi connectivity index (χ0v) is 13.1. The minimum absolute atomic E-state index is 0.0315. The average Bonchev–Trinajstić information content (AvgIpc) is 2.42. The van der Waals surface area contributed by atoms with Gasteiger partial charge < -0.3 is 10.4 Å². The second-order valence-corrected chi connectivity index (χ2v) is 6.28. The Bertz CT molecular complexity index is 527. The monoisotopic (exact) mass is 359 g/mol. The molecule has 2 N–H and O–H groups in total. The molecule has 0 bridgehead atoms. The van der Waals surface area contributed by atoms with Gasteiger partial charge in [-0.05, 0) is 59.8 Å². The summed E-state index contributed by atoms with van der Waals surface area (Å²) in [7, 11) is 0. The van der Waals surface area contributed by atoms with Crippen LogP contribution < -0.4 is 5.32 Å². The number of carboxylic acids is 1. The molecule has 1 amide bonds. The van der Waals surface area contributed by atoms with Gasteiger partial charge in [0, 0.05) is 15.5 Å². The van der Waals surface area contributed by atoms with Crippen molar-refractivity contribution in [1.82, 2.24) is 5.32 Å². The lowest BCUT2D eigenvalue weighted by Gasteiger charge is -2.27. The number of rotatable bonds is 3. The average molecular weight is 361 g/mol. The van der Waals surface area contributed by atoms with E-state index in [0.717, 1.165) is 0 Å². The van der Waals surface area contributed by atoms with Gasteiger partial charge in [0.15, 0.2) is 0 Å². The second kappa shape index (κ2) is 6.59. The smallest absolute Gasteiger partial charge is 0.306 e.